The van der Waals surface area contributed by atoms with Gasteiger partial charge in [-0.2, -0.15) is 0 Å². The third-order valence-electron chi connectivity index (χ3n) is 5.60. The third-order valence-corrected chi connectivity index (χ3v) is 5.60. The molecule has 3 aromatic rings. The van der Waals surface area contributed by atoms with E-state index in [0.29, 0.717) is 37.3 Å². The Morgan fingerprint density at radius 1 is 1.23 bits per heavy atom. The van der Waals surface area contributed by atoms with Crippen molar-refractivity contribution in [3.05, 3.63) is 69.5 Å². The zero-order valence-electron chi connectivity index (χ0n) is 16.7. The van der Waals surface area contributed by atoms with E-state index in [1.165, 1.54) is 18.3 Å². The number of ether oxygens (including phenoxy) is 1. The second kappa shape index (κ2) is 7.09. The van der Waals surface area contributed by atoms with Crippen LogP contribution >= 0.6 is 0 Å². The Morgan fingerprint density at radius 2 is 2.00 bits per heavy atom. The van der Waals surface area contributed by atoms with Crippen LogP contribution in [0.4, 0.5) is 14.6 Å². The second-order valence-electron chi connectivity index (χ2n) is 8.24. The van der Waals surface area contributed by atoms with Gasteiger partial charge >= 0.3 is 11.8 Å². The largest absolute Gasteiger partial charge is 0.436 e. The Morgan fingerprint density at radius 3 is 2.71 bits per heavy atom. The van der Waals surface area contributed by atoms with Crippen LogP contribution in [0.25, 0.3) is 11.3 Å². The molecule has 4 heterocycles. The Balaban J connectivity index is 1.29. The van der Waals surface area contributed by atoms with E-state index in [4.69, 9.17) is 4.74 Å². The van der Waals surface area contributed by atoms with Gasteiger partial charge in [-0.25, -0.2) is 8.78 Å². The molecule has 8 nitrogen and oxygen atoms in total. The van der Waals surface area contributed by atoms with Gasteiger partial charge in [-0.05, 0) is 35.6 Å². The second-order valence-corrected chi connectivity index (χ2v) is 8.24. The van der Waals surface area contributed by atoms with E-state index in [9.17, 15) is 18.9 Å². The van der Waals surface area contributed by atoms with E-state index in [0.717, 1.165) is 23.9 Å². The van der Waals surface area contributed by atoms with Crippen LogP contribution in [0.3, 0.4) is 0 Å². The lowest BCUT2D eigenvalue weighted by Gasteiger charge is -2.34. The molecule has 0 spiro atoms. The minimum Gasteiger partial charge on any atom is -0.436 e. The van der Waals surface area contributed by atoms with Gasteiger partial charge in [0.1, 0.15) is 23.4 Å². The molecule has 0 N–H and O–H groups in total. The molecule has 0 saturated carbocycles. The lowest BCUT2D eigenvalue weighted by molar-refractivity contribution is -0.389. The zero-order valence-corrected chi connectivity index (χ0v) is 16.7. The normalized spacial score (nSPS) is 20.2. The predicted molar refractivity (Wildman–Crippen MR) is 106 cm³/mol. The van der Waals surface area contributed by atoms with Crippen molar-refractivity contribution in [3.8, 4) is 17.3 Å². The molecule has 31 heavy (non-hydrogen) atoms. The van der Waals surface area contributed by atoms with Crippen molar-refractivity contribution in [3.63, 3.8) is 0 Å². The fourth-order valence-corrected chi connectivity index (χ4v) is 4.31. The number of hydrogen-bond acceptors (Lipinski definition) is 6. The fraction of sp³-hybridized carbons (Fsp3) is 0.333. The van der Waals surface area contributed by atoms with Crippen LogP contribution in [0.1, 0.15) is 18.2 Å². The molecule has 1 aromatic carbocycles. The number of nitrogens with zero attached hydrogens (tertiary/aromatic N) is 5. The number of aromatic nitrogens is 3. The molecular weight excluding hydrogens is 408 g/mol. The molecule has 1 atom stereocenters. The maximum atomic E-state index is 13.5. The van der Waals surface area contributed by atoms with Crippen LogP contribution in [0.15, 0.2) is 36.5 Å². The van der Waals surface area contributed by atoms with E-state index in [1.54, 1.807) is 10.6 Å². The molecule has 0 saturated heterocycles. The Hall–Kier alpha value is -3.40. The molecule has 2 aliphatic rings. The van der Waals surface area contributed by atoms with Crippen molar-refractivity contribution in [2.24, 2.45) is 0 Å². The summed E-state index contributed by atoms with van der Waals surface area (Å²) >= 11 is 0. The molecule has 0 aliphatic carbocycles. The summed E-state index contributed by atoms with van der Waals surface area (Å²) in [6.45, 7) is 4.49. The van der Waals surface area contributed by atoms with Crippen molar-refractivity contribution in [2.75, 3.05) is 13.1 Å². The highest BCUT2D eigenvalue weighted by atomic mass is 19.1. The summed E-state index contributed by atoms with van der Waals surface area (Å²) in [5.41, 5.74) is 2.39. The van der Waals surface area contributed by atoms with Gasteiger partial charge in [0.05, 0.1) is 12.2 Å². The van der Waals surface area contributed by atoms with Gasteiger partial charge in [0.25, 0.3) is 0 Å². The Labute approximate surface area is 176 Å². The van der Waals surface area contributed by atoms with Crippen molar-refractivity contribution in [1.82, 2.24) is 19.4 Å². The van der Waals surface area contributed by atoms with Crippen molar-refractivity contribution in [2.45, 2.75) is 32.0 Å². The van der Waals surface area contributed by atoms with Crippen molar-refractivity contribution in [1.29, 1.82) is 0 Å². The highest BCUT2D eigenvalue weighted by Gasteiger charge is 2.41. The first kappa shape index (κ1) is 19.6. The number of nitro groups is 1. The van der Waals surface area contributed by atoms with E-state index in [-0.39, 0.29) is 11.8 Å². The highest BCUT2D eigenvalue weighted by Crippen LogP contribution is 2.33. The monoisotopic (exact) mass is 427 g/mol. The molecule has 10 heteroatoms. The molecular formula is C21H19F2N5O3. The van der Waals surface area contributed by atoms with Gasteiger partial charge in [0.2, 0.25) is 0 Å². The highest BCUT2D eigenvalue weighted by molar-refractivity contribution is 5.60. The summed E-state index contributed by atoms with van der Waals surface area (Å²) < 4.78 is 34.7. The Bertz CT molecular complexity index is 1150. The zero-order chi connectivity index (χ0) is 21.8. The maximum absolute atomic E-state index is 13.5. The van der Waals surface area contributed by atoms with Crippen LogP contribution in [-0.4, -0.2) is 43.0 Å². The van der Waals surface area contributed by atoms with Gasteiger partial charge in [0, 0.05) is 48.4 Å². The van der Waals surface area contributed by atoms with Crippen LogP contribution in [0.2, 0.25) is 0 Å². The average molecular weight is 427 g/mol. The number of pyridine rings is 1. The number of fused-ring (bicyclic) bond motifs is 2. The molecule has 160 valence electrons. The minimum atomic E-state index is -0.629. The average Bonchev–Trinajstić information content (AvgIpc) is 3.22. The molecule has 0 bridgehead atoms. The molecule has 0 fully saturated rings. The lowest BCUT2D eigenvalue weighted by Crippen LogP contribution is -2.46. The van der Waals surface area contributed by atoms with Gasteiger partial charge in [-0.1, -0.05) is 6.07 Å². The first-order valence-corrected chi connectivity index (χ1v) is 9.86. The molecule has 2 aliphatic heterocycles. The molecule has 0 unspecified atom stereocenters. The smallest absolute Gasteiger partial charge is 0.415 e. The van der Waals surface area contributed by atoms with Gasteiger partial charge in [-0.15, -0.1) is 0 Å². The topological polar surface area (TPSA) is 86.3 Å². The van der Waals surface area contributed by atoms with E-state index < -0.39 is 22.2 Å². The number of hydrogen-bond donors (Lipinski definition) is 0. The minimum absolute atomic E-state index is 0.219. The molecule has 0 amide bonds. The van der Waals surface area contributed by atoms with Crippen molar-refractivity contribution < 1.29 is 18.4 Å². The Kier molecular flexibility index (Phi) is 4.47. The van der Waals surface area contributed by atoms with Crippen LogP contribution in [-0.2, 0) is 19.5 Å². The third kappa shape index (κ3) is 3.74. The van der Waals surface area contributed by atoms with E-state index in [1.807, 2.05) is 13.0 Å². The maximum Gasteiger partial charge on any atom is 0.415 e. The van der Waals surface area contributed by atoms with Gasteiger partial charge < -0.3 is 14.9 Å². The number of halogens is 2. The SMILES string of the molecule is C[C@]1(CN2CCc3nc(-c4cc(F)cc(F)c4)ccc3C2)Cn2cc([N+](=O)[O-])nc2O1. The summed E-state index contributed by atoms with van der Waals surface area (Å²) in [6, 6.07) is 7.38. The summed E-state index contributed by atoms with van der Waals surface area (Å²) in [4.78, 5) is 21.1. The number of benzene rings is 1. The molecule has 0 radical (unpaired) electrons. The number of imidazole rings is 1. The first-order chi connectivity index (χ1) is 14.8. The standard InChI is InChI=1S/C21H19F2N5O3/c1-21(12-27-10-19(28(29)30)25-20(27)31-21)11-26-5-4-18-13(9-26)2-3-17(24-18)14-6-15(22)8-16(23)7-14/h2-3,6-8,10H,4-5,9,11-12H2,1H3/t21-/m0/s1. The summed E-state index contributed by atoms with van der Waals surface area (Å²) in [5, 5.41) is 10.9. The first-order valence-electron chi connectivity index (χ1n) is 9.86. The quantitative estimate of drug-likeness (QED) is 0.469. The van der Waals surface area contributed by atoms with E-state index in [2.05, 4.69) is 14.9 Å². The molecule has 5 rings (SSSR count). The fourth-order valence-electron chi connectivity index (χ4n) is 4.31. The van der Waals surface area contributed by atoms with Crippen LogP contribution in [0.5, 0.6) is 6.01 Å². The van der Waals surface area contributed by atoms with E-state index >= 15 is 0 Å². The van der Waals surface area contributed by atoms with Crippen LogP contribution in [0, 0.1) is 21.7 Å². The van der Waals surface area contributed by atoms with Gasteiger partial charge in [-0.3, -0.25) is 14.5 Å². The summed E-state index contributed by atoms with van der Waals surface area (Å²) in [5.74, 6) is -1.48. The number of rotatable bonds is 4. The lowest BCUT2D eigenvalue weighted by atomic mass is 10.0. The summed E-state index contributed by atoms with van der Waals surface area (Å²) in [7, 11) is 0. The predicted octanol–water partition coefficient (Wildman–Crippen LogP) is 3.34. The van der Waals surface area contributed by atoms with Crippen molar-refractivity contribution >= 4 is 5.82 Å². The van der Waals surface area contributed by atoms with Crippen LogP contribution < -0.4 is 4.74 Å². The molecule has 2 aromatic heterocycles. The van der Waals surface area contributed by atoms with Gasteiger partial charge in [0.15, 0.2) is 0 Å². The summed E-state index contributed by atoms with van der Waals surface area (Å²) in [6.07, 6.45) is 2.10.